The van der Waals surface area contributed by atoms with Crippen molar-refractivity contribution in [2.75, 3.05) is 0 Å². The van der Waals surface area contributed by atoms with E-state index in [0.717, 1.165) is 10.2 Å². The molecule has 1 heterocycles. The van der Waals surface area contributed by atoms with Gasteiger partial charge in [0, 0.05) is 22.8 Å². The average Bonchev–Trinajstić information content (AvgIpc) is 2.40. The van der Waals surface area contributed by atoms with Crippen LogP contribution in [0.1, 0.15) is 37.2 Å². The van der Waals surface area contributed by atoms with Crippen LogP contribution in [0, 0.1) is 0 Å². The van der Waals surface area contributed by atoms with Crippen molar-refractivity contribution in [3.63, 3.8) is 0 Å². The number of pyridine rings is 1. The van der Waals surface area contributed by atoms with Crippen LogP contribution in [0.4, 0.5) is 0 Å². The summed E-state index contributed by atoms with van der Waals surface area (Å²) in [5, 5.41) is 3.55. The van der Waals surface area contributed by atoms with Gasteiger partial charge in [0.25, 0.3) is 0 Å². The van der Waals surface area contributed by atoms with Gasteiger partial charge in [-0.15, -0.1) is 0 Å². The van der Waals surface area contributed by atoms with E-state index in [1.807, 2.05) is 24.4 Å². The largest absolute Gasteiger partial charge is 0.302 e. The number of nitrogens with one attached hydrogen (secondary N) is 1. The van der Waals surface area contributed by atoms with E-state index < -0.39 is 0 Å². The first kappa shape index (κ1) is 13.2. The second-order valence-corrected chi connectivity index (χ2v) is 5.33. The van der Waals surface area contributed by atoms with Crippen LogP contribution in [0.2, 0.25) is 0 Å². The van der Waals surface area contributed by atoms with E-state index in [4.69, 9.17) is 0 Å². The van der Waals surface area contributed by atoms with Crippen molar-refractivity contribution in [2.24, 2.45) is 0 Å². The van der Waals surface area contributed by atoms with Crippen LogP contribution in [-0.4, -0.2) is 4.98 Å². The second kappa shape index (κ2) is 6.12. The van der Waals surface area contributed by atoms with Gasteiger partial charge in [-0.2, -0.15) is 0 Å². The molecule has 18 heavy (non-hydrogen) atoms. The van der Waals surface area contributed by atoms with Gasteiger partial charge in [0.2, 0.25) is 0 Å². The maximum absolute atomic E-state index is 4.37. The summed E-state index contributed by atoms with van der Waals surface area (Å²) in [4.78, 5) is 4.37. The van der Waals surface area contributed by atoms with Crippen LogP contribution in [-0.2, 0) is 0 Å². The minimum atomic E-state index is 0.241. The van der Waals surface area contributed by atoms with Crippen LogP contribution in [0.5, 0.6) is 0 Å². The lowest BCUT2D eigenvalue weighted by Gasteiger charge is -2.20. The Morgan fingerprint density at radius 2 is 1.72 bits per heavy atom. The molecule has 0 spiro atoms. The first-order chi connectivity index (χ1) is 8.66. The third-order valence-electron chi connectivity index (χ3n) is 3.00. The van der Waals surface area contributed by atoms with Crippen LogP contribution >= 0.6 is 15.9 Å². The summed E-state index contributed by atoms with van der Waals surface area (Å²) in [6, 6.07) is 14.9. The third-order valence-corrected chi connectivity index (χ3v) is 3.53. The molecule has 94 valence electrons. The maximum Gasteiger partial charge on any atom is 0.0570 e. The van der Waals surface area contributed by atoms with Gasteiger partial charge in [-0.25, -0.2) is 0 Å². The van der Waals surface area contributed by atoms with E-state index in [9.17, 15) is 0 Å². The molecule has 0 amide bonds. The van der Waals surface area contributed by atoms with Crippen molar-refractivity contribution in [2.45, 2.75) is 25.9 Å². The maximum atomic E-state index is 4.37. The van der Waals surface area contributed by atoms with Crippen molar-refractivity contribution in [1.82, 2.24) is 10.3 Å². The molecule has 0 aliphatic rings. The van der Waals surface area contributed by atoms with Gasteiger partial charge in [0.15, 0.2) is 0 Å². The van der Waals surface area contributed by atoms with Crippen molar-refractivity contribution >= 4 is 15.9 Å². The summed E-state index contributed by atoms with van der Waals surface area (Å²) in [6.07, 6.45) is 1.83. The zero-order valence-corrected chi connectivity index (χ0v) is 12.2. The number of hydrogen-bond donors (Lipinski definition) is 1. The first-order valence-electron chi connectivity index (χ1n) is 6.09. The molecule has 0 bridgehead atoms. The molecular weight excluding hydrogens is 288 g/mol. The Balaban J connectivity index is 2.03. The quantitative estimate of drug-likeness (QED) is 0.913. The molecule has 0 aliphatic heterocycles. The van der Waals surface area contributed by atoms with E-state index in [1.165, 1.54) is 5.56 Å². The zero-order chi connectivity index (χ0) is 13.0. The fourth-order valence-electron chi connectivity index (χ4n) is 1.94. The van der Waals surface area contributed by atoms with Gasteiger partial charge in [0.05, 0.1) is 5.69 Å². The number of rotatable bonds is 4. The smallest absolute Gasteiger partial charge is 0.0570 e. The Kier molecular flexibility index (Phi) is 4.50. The van der Waals surface area contributed by atoms with E-state index in [-0.39, 0.29) is 6.04 Å². The lowest BCUT2D eigenvalue weighted by molar-refractivity contribution is 0.486. The molecule has 0 fully saturated rings. The summed E-state index contributed by atoms with van der Waals surface area (Å²) in [6.45, 7) is 4.31. The highest BCUT2D eigenvalue weighted by atomic mass is 79.9. The number of benzene rings is 1. The molecule has 2 aromatic rings. The third kappa shape index (κ3) is 3.40. The first-order valence-corrected chi connectivity index (χ1v) is 6.88. The van der Waals surface area contributed by atoms with Crippen LogP contribution in [0.3, 0.4) is 0 Å². The van der Waals surface area contributed by atoms with E-state index in [2.05, 4.69) is 64.3 Å². The molecule has 1 unspecified atom stereocenters. The Morgan fingerprint density at radius 3 is 2.33 bits per heavy atom. The topological polar surface area (TPSA) is 24.9 Å². The Hall–Kier alpha value is -1.19. The molecule has 2 rings (SSSR count). The van der Waals surface area contributed by atoms with E-state index in [0.29, 0.717) is 6.04 Å². The number of nitrogens with zero attached hydrogens (tertiary/aromatic N) is 1. The van der Waals surface area contributed by atoms with Gasteiger partial charge in [-0.3, -0.25) is 4.98 Å². The molecule has 0 saturated heterocycles. The minimum Gasteiger partial charge on any atom is -0.302 e. The van der Waals surface area contributed by atoms with Crippen molar-refractivity contribution in [3.8, 4) is 0 Å². The molecular formula is C15H17BrN2. The summed E-state index contributed by atoms with van der Waals surface area (Å²) in [7, 11) is 0. The zero-order valence-electron chi connectivity index (χ0n) is 10.6. The molecule has 1 aromatic heterocycles. The van der Waals surface area contributed by atoms with Crippen molar-refractivity contribution in [3.05, 3.63) is 64.4 Å². The summed E-state index contributed by atoms with van der Waals surface area (Å²) < 4.78 is 1.11. The predicted molar refractivity (Wildman–Crippen MR) is 78.3 cm³/mol. The predicted octanol–water partition coefficient (Wildman–Crippen LogP) is 4.26. The Labute approximate surface area is 117 Å². The van der Waals surface area contributed by atoms with Gasteiger partial charge in [-0.05, 0) is 43.7 Å². The van der Waals surface area contributed by atoms with Crippen molar-refractivity contribution in [1.29, 1.82) is 0 Å². The van der Waals surface area contributed by atoms with E-state index in [1.54, 1.807) is 0 Å². The normalized spacial score (nSPS) is 14.2. The Bertz CT molecular complexity index is 482. The number of aromatic nitrogens is 1. The minimum absolute atomic E-state index is 0.241. The number of hydrogen-bond acceptors (Lipinski definition) is 2. The molecule has 0 radical (unpaired) electrons. The Morgan fingerprint density at radius 1 is 1.00 bits per heavy atom. The van der Waals surface area contributed by atoms with Crippen LogP contribution in [0.25, 0.3) is 0 Å². The lowest BCUT2D eigenvalue weighted by atomic mass is 10.1. The lowest BCUT2D eigenvalue weighted by Crippen LogP contribution is -2.23. The molecule has 1 aromatic carbocycles. The van der Waals surface area contributed by atoms with Crippen LogP contribution in [0.15, 0.2) is 53.1 Å². The standard InChI is InChI=1S/C15H17BrN2/c1-11(13-6-8-14(16)9-7-13)18-12(2)15-5-3-4-10-17-15/h3-12,18H,1-2H3/t11?,12-/m0/s1. The van der Waals surface area contributed by atoms with Gasteiger partial charge in [-0.1, -0.05) is 34.1 Å². The van der Waals surface area contributed by atoms with Gasteiger partial charge in [0.1, 0.15) is 0 Å². The van der Waals surface area contributed by atoms with E-state index >= 15 is 0 Å². The fourth-order valence-corrected chi connectivity index (χ4v) is 2.20. The highest BCUT2D eigenvalue weighted by Crippen LogP contribution is 2.19. The molecule has 2 nitrogen and oxygen atoms in total. The monoisotopic (exact) mass is 304 g/mol. The molecule has 1 N–H and O–H groups in total. The van der Waals surface area contributed by atoms with Gasteiger partial charge >= 0.3 is 0 Å². The molecule has 0 saturated carbocycles. The second-order valence-electron chi connectivity index (χ2n) is 4.42. The average molecular weight is 305 g/mol. The highest BCUT2D eigenvalue weighted by molar-refractivity contribution is 9.10. The molecule has 2 atom stereocenters. The summed E-state index contributed by atoms with van der Waals surface area (Å²) in [5.74, 6) is 0. The SMILES string of the molecule is CC(N[C@@H](C)c1ccccn1)c1ccc(Br)cc1. The fraction of sp³-hybridized carbons (Fsp3) is 0.267. The molecule has 3 heteroatoms. The van der Waals surface area contributed by atoms with Crippen molar-refractivity contribution < 1.29 is 0 Å². The van der Waals surface area contributed by atoms with Gasteiger partial charge < -0.3 is 5.32 Å². The summed E-state index contributed by atoms with van der Waals surface area (Å²) in [5.41, 5.74) is 2.35. The highest BCUT2D eigenvalue weighted by Gasteiger charge is 2.11. The number of halogens is 1. The van der Waals surface area contributed by atoms with Crippen LogP contribution < -0.4 is 5.32 Å². The molecule has 0 aliphatic carbocycles. The summed E-state index contributed by atoms with van der Waals surface area (Å²) >= 11 is 3.45.